The van der Waals surface area contributed by atoms with Gasteiger partial charge in [-0.05, 0) is 29.7 Å². The zero-order chi connectivity index (χ0) is 33.2. The molecule has 4 unspecified atom stereocenters. The fourth-order valence-corrected chi connectivity index (χ4v) is 6.00. The summed E-state index contributed by atoms with van der Waals surface area (Å²) in [5.41, 5.74) is 1.44. The number of hydrogen-bond acceptors (Lipinski definition) is 8. The van der Waals surface area contributed by atoms with Crippen LogP contribution in [0.25, 0.3) is 6.08 Å². The highest BCUT2D eigenvalue weighted by atomic mass is 16.6. The number of rotatable bonds is 10. The Balaban J connectivity index is 1.35. The number of carbonyl (C=O) groups excluding carboxylic acids is 4. The number of amides is 3. The Kier molecular flexibility index (Phi) is 8.47. The van der Waals surface area contributed by atoms with Gasteiger partial charge in [-0.1, -0.05) is 103 Å². The number of imide groups is 1. The third-order valence-corrected chi connectivity index (χ3v) is 8.26. The van der Waals surface area contributed by atoms with Crippen LogP contribution in [0.15, 0.2) is 115 Å². The van der Waals surface area contributed by atoms with Crippen molar-refractivity contribution in [2.24, 2.45) is 0 Å². The maximum absolute atomic E-state index is 14.0. The number of nitro benzene ring substituents is 1. The van der Waals surface area contributed by atoms with Gasteiger partial charge in [-0.25, -0.2) is 4.79 Å². The molecule has 1 fully saturated rings. The maximum atomic E-state index is 14.0. The van der Waals surface area contributed by atoms with Gasteiger partial charge in [-0.15, -0.1) is 0 Å². The van der Waals surface area contributed by atoms with Crippen LogP contribution in [0.2, 0.25) is 0 Å². The molecule has 0 radical (unpaired) electrons. The lowest BCUT2D eigenvalue weighted by Gasteiger charge is -2.51. The van der Waals surface area contributed by atoms with Crippen LogP contribution in [-0.2, 0) is 14.3 Å². The number of aliphatic hydroxyl groups excluding tert-OH is 1. The molecule has 2 heterocycles. The molecule has 1 saturated heterocycles. The highest BCUT2D eigenvalue weighted by molar-refractivity contribution is 6.24. The van der Waals surface area contributed by atoms with Crippen LogP contribution in [0, 0.1) is 10.1 Å². The van der Waals surface area contributed by atoms with Gasteiger partial charge in [0.25, 0.3) is 17.5 Å². The number of non-ortho nitro benzene ring substituents is 1. The van der Waals surface area contributed by atoms with Gasteiger partial charge in [0, 0.05) is 12.1 Å². The molecule has 2 aliphatic rings. The highest BCUT2D eigenvalue weighted by Gasteiger charge is 2.59. The van der Waals surface area contributed by atoms with Crippen LogP contribution in [0.3, 0.4) is 0 Å². The Morgan fingerprint density at radius 3 is 1.96 bits per heavy atom. The number of fused-ring (bicyclic) bond motifs is 1. The number of aliphatic hydroxyl groups is 1. The minimum Gasteiger partial charge on any atom is -0.451 e. The number of β-lactam (4-membered cyclic amide) rings is 1. The van der Waals surface area contributed by atoms with E-state index in [1.165, 1.54) is 13.0 Å². The quantitative estimate of drug-likeness (QED) is 0.0881. The summed E-state index contributed by atoms with van der Waals surface area (Å²) in [5, 5.41) is 22.3. The molecule has 0 bridgehead atoms. The van der Waals surface area contributed by atoms with Crippen molar-refractivity contribution in [1.82, 2.24) is 9.80 Å². The lowest BCUT2D eigenvalue weighted by Crippen LogP contribution is -2.75. The minimum atomic E-state index is -1.50. The van der Waals surface area contributed by atoms with Gasteiger partial charge >= 0.3 is 5.97 Å². The third kappa shape index (κ3) is 5.80. The van der Waals surface area contributed by atoms with Crippen molar-refractivity contribution < 1.29 is 33.9 Å². The number of hydrogen-bond donors (Lipinski definition) is 1. The molecule has 6 rings (SSSR count). The van der Waals surface area contributed by atoms with Crippen molar-refractivity contribution in [3.8, 4) is 0 Å². The molecule has 4 atom stereocenters. The molecule has 0 saturated carbocycles. The van der Waals surface area contributed by atoms with Crippen molar-refractivity contribution >= 4 is 35.5 Å². The van der Waals surface area contributed by atoms with E-state index in [0.29, 0.717) is 11.1 Å². The number of nitrogens with zero attached hydrogens (tertiary/aromatic N) is 3. The number of esters is 1. The molecule has 11 nitrogen and oxygen atoms in total. The first-order chi connectivity index (χ1) is 22.7. The van der Waals surface area contributed by atoms with E-state index in [2.05, 4.69) is 0 Å². The van der Waals surface area contributed by atoms with Crippen molar-refractivity contribution in [3.05, 3.63) is 153 Å². The normalized spacial score (nSPS) is 18.7. The van der Waals surface area contributed by atoms with E-state index in [1.54, 1.807) is 72.8 Å². The fourth-order valence-electron chi connectivity index (χ4n) is 6.00. The first-order valence-corrected chi connectivity index (χ1v) is 14.9. The predicted molar refractivity (Wildman–Crippen MR) is 170 cm³/mol. The average Bonchev–Trinajstić information content (AvgIpc) is 3.33. The summed E-state index contributed by atoms with van der Waals surface area (Å²) in [6, 6.07) is 26.5. The van der Waals surface area contributed by atoms with E-state index in [9.17, 15) is 34.4 Å². The second-order valence-corrected chi connectivity index (χ2v) is 11.2. The van der Waals surface area contributed by atoms with E-state index >= 15 is 0 Å². The summed E-state index contributed by atoms with van der Waals surface area (Å²) >= 11 is 0. The second-order valence-electron chi connectivity index (χ2n) is 11.2. The van der Waals surface area contributed by atoms with Gasteiger partial charge in [0.1, 0.15) is 6.04 Å². The zero-order valence-electron chi connectivity index (χ0n) is 25.1. The Morgan fingerprint density at radius 1 is 0.851 bits per heavy atom. The summed E-state index contributed by atoms with van der Waals surface area (Å²) in [5.74, 6) is -3.31. The van der Waals surface area contributed by atoms with Gasteiger partial charge in [0.15, 0.2) is 12.1 Å². The Hall–Kier alpha value is -5.94. The highest BCUT2D eigenvalue weighted by Crippen LogP contribution is 2.38. The van der Waals surface area contributed by atoms with Gasteiger partial charge in [-0.2, -0.15) is 0 Å². The standard InChI is InChI=1S/C36H29N3O8/c1-22(40)30(36(44)47-32(24-13-7-3-8-14-24)25-15-9-4-10-16-25)37-29(20-17-23-11-5-2-6-12-23)31(35(37)43)38-33(41)27-19-18-26(39(45)46)21-28(27)34(38)42/h2-22,29-32,40H,1H3/b20-17+. The summed E-state index contributed by atoms with van der Waals surface area (Å²) in [6.45, 7) is 1.35. The SMILES string of the molecule is CC(O)C(C(=O)OC(c1ccccc1)c1ccccc1)N1C(=O)C(N2C(=O)c3ccc([N+](=O)[O-])cc3C2=O)C1/C=C/c1ccccc1. The summed E-state index contributed by atoms with van der Waals surface area (Å²) < 4.78 is 6.02. The Bertz CT molecular complexity index is 1840. The number of carbonyl (C=O) groups is 4. The molecule has 4 aromatic carbocycles. The van der Waals surface area contributed by atoms with Crippen LogP contribution in [-0.4, -0.2) is 67.7 Å². The van der Waals surface area contributed by atoms with Crippen molar-refractivity contribution in [3.63, 3.8) is 0 Å². The molecule has 11 heteroatoms. The lowest BCUT2D eigenvalue weighted by molar-refractivity contribution is -0.384. The lowest BCUT2D eigenvalue weighted by atomic mass is 9.88. The van der Waals surface area contributed by atoms with Crippen molar-refractivity contribution in [2.45, 2.75) is 37.3 Å². The van der Waals surface area contributed by atoms with E-state index in [0.717, 1.165) is 27.5 Å². The smallest absolute Gasteiger partial charge is 0.332 e. The summed E-state index contributed by atoms with van der Waals surface area (Å²) in [4.78, 5) is 67.5. The second kappa shape index (κ2) is 12.8. The van der Waals surface area contributed by atoms with Crippen LogP contribution in [0.5, 0.6) is 0 Å². The maximum Gasteiger partial charge on any atom is 0.332 e. The molecular weight excluding hydrogens is 602 g/mol. The van der Waals surface area contributed by atoms with Gasteiger partial charge in [0.05, 0.1) is 28.2 Å². The molecule has 0 aliphatic carbocycles. The number of benzene rings is 4. The minimum absolute atomic E-state index is 0.0716. The molecule has 47 heavy (non-hydrogen) atoms. The molecule has 0 spiro atoms. The van der Waals surface area contributed by atoms with E-state index in [1.807, 2.05) is 30.3 Å². The van der Waals surface area contributed by atoms with E-state index in [4.69, 9.17) is 4.74 Å². The van der Waals surface area contributed by atoms with Gasteiger partial charge < -0.3 is 14.7 Å². The molecule has 236 valence electrons. The van der Waals surface area contributed by atoms with Crippen LogP contribution >= 0.6 is 0 Å². The number of likely N-dealkylation sites (tertiary alicyclic amines) is 1. The van der Waals surface area contributed by atoms with Gasteiger partial charge in [-0.3, -0.25) is 29.4 Å². The molecule has 3 amide bonds. The number of nitro groups is 1. The predicted octanol–water partition coefficient (Wildman–Crippen LogP) is 4.57. The third-order valence-electron chi connectivity index (χ3n) is 8.26. The molecule has 4 aromatic rings. The number of ether oxygens (including phenoxy) is 1. The van der Waals surface area contributed by atoms with Crippen LogP contribution in [0.1, 0.15) is 50.4 Å². The monoisotopic (exact) mass is 631 g/mol. The molecule has 0 aromatic heterocycles. The molecule has 1 N–H and O–H groups in total. The summed E-state index contributed by atoms with van der Waals surface area (Å²) in [6.07, 6.45) is 1.00. The Labute approximate surface area is 269 Å². The molecular formula is C36H29N3O8. The van der Waals surface area contributed by atoms with Crippen LogP contribution < -0.4 is 0 Å². The molecule has 2 aliphatic heterocycles. The average molecular weight is 632 g/mol. The van der Waals surface area contributed by atoms with Crippen molar-refractivity contribution in [1.29, 1.82) is 0 Å². The largest absolute Gasteiger partial charge is 0.451 e. The van der Waals surface area contributed by atoms with Gasteiger partial charge in [0.2, 0.25) is 5.91 Å². The van der Waals surface area contributed by atoms with Crippen molar-refractivity contribution in [2.75, 3.05) is 0 Å². The fraction of sp³-hybridized carbons (Fsp3) is 0.167. The first-order valence-electron chi connectivity index (χ1n) is 14.9. The Morgan fingerprint density at radius 2 is 1.40 bits per heavy atom. The van der Waals surface area contributed by atoms with E-state index in [-0.39, 0.29) is 16.8 Å². The van der Waals surface area contributed by atoms with E-state index < -0.39 is 58.9 Å². The van der Waals surface area contributed by atoms with Crippen LogP contribution in [0.4, 0.5) is 5.69 Å². The first kappa shape index (κ1) is 31.1. The summed E-state index contributed by atoms with van der Waals surface area (Å²) in [7, 11) is 0. The zero-order valence-corrected chi connectivity index (χ0v) is 25.1. The topological polar surface area (TPSA) is 147 Å².